The molecule has 2 aromatic heterocycles. The molecule has 2 heterocycles. The summed E-state index contributed by atoms with van der Waals surface area (Å²) in [4.78, 5) is 12.8. The second-order valence-electron chi connectivity index (χ2n) is 7.39. The number of halogens is 2. The van der Waals surface area contributed by atoms with Crippen LogP contribution in [0.3, 0.4) is 0 Å². The first kappa shape index (κ1) is 21.0. The fourth-order valence-corrected chi connectivity index (χ4v) is 3.42. The van der Waals surface area contributed by atoms with Crippen molar-refractivity contribution in [2.45, 2.75) is 47.7 Å². The van der Waals surface area contributed by atoms with Crippen molar-refractivity contribution in [3.05, 3.63) is 63.4 Å². The standard InChI is InChI=1S/C21H25ClFN5O/c1-12(10-27-15(4)19(22)13(2)25-27)21(29)24-20-14(3)26-28(16(20)5)11-17-7-6-8-18(23)9-17/h6-9,12H,10-11H2,1-5H3,(H,24,29). The van der Waals surface area contributed by atoms with Crippen molar-refractivity contribution in [3.8, 4) is 0 Å². The van der Waals surface area contributed by atoms with E-state index in [4.69, 9.17) is 11.6 Å². The summed E-state index contributed by atoms with van der Waals surface area (Å²) >= 11 is 6.19. The maximum atomic E-state index is 13.4. The highest BCUT2D eigenvalue weighted by atomic mass is 35.5. The first-order valence-corrected chi connectivity index (χ1v) is 9.84. The fraction of sp³-hybridized carbons (Fsp3) is 0.381. The molecule has 1 unspecified atom stereocenters. The SMILES string of the molecule is Cc1nn(CC(C)C(=O)Nc2c(C)nn(Cc3cccc(F)c3)c2C)c(C)c1Cl. The number of anilines is 1. The highest BCUT2D eigenvalue weighted by Crippen LogP contribution is 2.23. The normalized spacial score (nSPS) is 12.2. The van der Waals surface area contributed by atoms with Crippen molar-refractivity contribution in [2.24, 2.45) is 5.92 Å². The molecule has 1 atom stereocenters. The summed E-state index contributed by atoms with van der Waals surface area (Å²) in [6, 6.07) is 6.41. The van der Waals surface area contributed by atoms with Gasteiger partial charge in [-0.15, -0.1) is 0 Å². The third-order valence-electron chi connectivity index (χ3n) is 5.04. The molecule has 154 valence electrons. The molecule has 0 aliphatic carbocycles. The minimum atomic E-state index is -0.311. The Bertz CT molecular complexity index is 1060. The fourth-order valence-electron chi connectivity index (χ4n) is 3.28. The van der Waals surface area contributed by atoms with Gasteiger partial charge >= 0.3 is 0 Å². The molecule has 0 aliphatic heterocycles. The molecule has 0 fully saturated rings. The molecule has 1 amide bonds. The number of nitrogens with one attached hydrogen (secondary N) is 1. The number of amides is 1. The van der Waals surface area contributed by atoms with Gasteiger partial charge in [-0.25, -0.2) is 4.39 Å². The van der Waals surface area contributed by atoms with E-state index >= 15 is 0 Å². The van der Waals surface area contributed by atoms with E-state index < -0.39 is 0 Å². The number of benzene rings is 1. The van der Waals surface area contributed by atoms with Crippen molar-refractivity contribution in [2.75, 3.05) is 5.32 Å². The van der Waals surface area contributed by atoms with E-state index in [-0.39, 0.29) is 17.6 Å². The van der Waals surface area contributed by atoms with E-state index in [9.17, 15) is 9.18 Å². The largest absolute Gasteiger partial charge is 0.323 e. The zero-order valence-corrected chi connectivity index (χ0v) is 18.0. The van der Waals surface area contributed by atoms with Gasteiger partial charge in [-0.2, -0.15) is 10.2 Å². The number of hydrogen-bond acceptors (Lipinski definition) is 3. The van der Waals surface area contributed by atoms with Crippen LogP contribution in [0.15, 0.2) is 24.3 Å². The molecule has 3 aromatic rings. The molecule has 3 rings (SSSR count). The summed E-state index contributed by atoms with van der Waals surface area (Å²) < 4.78 is 17.0. The van der Waals surface area contributed by atoms with Gasteiger partial charge in [0.2, 0.25) is 5.91 Å². The lowest BCUT2D eigenvalue weighted by atomic mass is 10.1. The molecule has 29 heavy (non-hydrogen) atoms. The zero-order chi connectivity index (χ0) is 21.3. The Balaban J connectivity index is 1.73. The maximum absolute atomic E-state index is 13.4. The van der Waals surface area contributed by atoms with Gasteiger partial charge in [-0.3, -0.25) is 14.2 Å². The topological polar surface area (TPSA) is 64.7 Å². The van der Waals surface area contributed by atoms with Crippen LogP contribution < -0.4 is 5.32 Å². The Morgan fingerprint density at radius 1 is 1.14 bits per heavy atom. The van der Waals surface area contributed by atoms with Gasteiger partial charge in [0.25, 0.3) is 0 Å². The van der Waals surface area contributed by atoms with E-state index in [2.05, 4.69) is 15.5 Å². The summed E-state index contributed by atoms with van der Waals surface area (Å²) in [6.07, 6.45) is 0. The first-order chi connectivity index (χ1) is 13.7. The maximum Gasteiger partial charge on any atom is 0.229 e. The predicted molar refractivity (Wildman–Crippen MR) is 112 cm³/mol. The van der Waals surface area contributed by atoms with Crippen LogP contribution in [0.4, 0.5) is 10.1 Å². The molecule has 1 N–H and O–H groups in total. The highest BCUT2D eigenvalue weighted by Gasteiger charge is 2.20. The average molecular weight is 418 g/mol. The van der Waals surface area contributed by atoms with Crippen molar-refractivity contribution in [3.63, 3.8) is 0 Å². The van der Waals surface area contributed by atoms with Gasteiger partial charge in [-0.05, 0) is 45.4 Å². The lowest BCUT2D eigenvalue weighted by Crippen LogP contribution is -2.25. The third kappa shape index (κ3) is 4.50. The van der Waals surface area contributed by atoms with Gasteiger partial charge in [0.05, 0.1) is 52.5 Å². The molecule has 0 spiro atoms. The highest BCUT2D eigenvalue weighted by molar-refractivity contribution is 6.31. The summed E-state index contributed by atoms with van der Waals surface area (Å²) in [5, 5.41) is 12.5. The van der Waals surface area contributed by atoms with Crippen molar-refractivity contribution in [1.82, 2.24) is 19.6 Å². The second kappa shape index (κ2) is 8.37. The number of aromatic nitrogens is 4. The van der Waals surface area contributed by atoms with Gasteiger partial charge < -0.3 is 5.32 Å². The van der Waals surface area contributed by atoms with Gasteiger partial charge in [0, 0.05) is 0 Å². The van der Waals surface area contributed by atoms with E-state index in [0.717, 1.165) is 22.6 Å². The first-order valence-electron chi connectivity index (χ1n) is 9.46. The monoisotopic (exact) mass is 417 g/mol. The Morgan fingerprint density at radius 2 is 1.83 bits per heavy atom. The van der Waals surface area contributed by atoms with Gasteiger partial charge in [-0.1, -0.05) is 30.7 Å². The zero-order valence-electron chi connectivity index (χ0n) is 17.3. The van der Waals surface area contributed by atoms with Crippen molar-refractivity contribution < 1.29 is 9.18 Å². The Kier molecular flexibility index (Phi) is 6.07. The predicted octanol–water partition coefficient (Wildman–Crippen LogP) is 4.43. The number of carbonyl (C=O) groups excluding carboxylic acids is 1. The van der Waals surface area contributed by atoms with E-state index in [1.165, 1.54) is 12.1 Å². The minimum absolute atomic E-state index is 0.120. The number of carbonyl (C=O) groups is 1. The molecule has 1 aromatic carbocycles. The summed E-state index contributed by atoms with van der Waals surface area (Å²) in [7, 11) is 0. The summed E-state index contributed by atoms with van der Waals surface area (Å²) in [5.41, 5.74) is 4.63. The molecule has 0 saturated heterocycles. The molecule has 8 heteroatoms. The lowest BCUT2D eigenvalue weighted by Gasteiger charge is -2.14. The summed E-state index contributed by atoms with van der Waals surface area (Å²) in [6.45, 7) is 10.2. The van der Waals surface area contributed by atoms with Crippen molar-refractivity contribution >= 4 is 23.2 Å². The molecule has 6 nitrogen and oxygen atoms in total. The van der Waals surface area contributed by atoms with Crippen LogP contribution in [-0.4, -0.2) is 25.5 Å². The summed E-state index contributed by atoms with van der Waals surface area (Å²) in [5.74, 6) is -0.713. The van der Waals surface area contributed by atoms with Crippen LogP contribution in [-0.2, 0) is 17.9 Å². The quantitative estimate of drug-likeness (QED) is 0.645. The molecule has 0 radical (unpaired) electrons. The number of rotatable bonds is 6. The van der Waals surface area contributed by atoms with E-state index in [1.54, 1.807) is 15.4 Å². The second-order valence-corrected chi connectivity index (χ2v) is 7.77. The van der Waals surface area contributed by atoms with Crippen LogP contribution >= 0.6 is 11.6 Å². The molecular formula is C21H25ClFN5O. The lowest BCUT2D eigenvalue weighted by molar-refractivity contribution is -0.119. The molecule has 0 bridgehead atoms. The molecule has 0 saturated carbocycles. The van der Waals surface area contributed by atoms with Crippen LogP contribution in [0.5, 0.6) is 0 Å². The van der Waals surface area contributed by atoms with Crippen LogP contribution in [0, 0.1) is 39.4 Å². The number of hydrogen-bond donors (Lipinski definition) is 1. The number of aryl methyl sites for hydroxylation is 2. The molecule has 0 aliphatic rings. The number of nitrogens with zero attached hydrogens (tertiary/aromatic N) is 4. The van der Waals surface area contributed by atoms with E-state index in [0.29, 0.717) is 29.5 Å². The molecular weight excluding hydrogens is 393 g/mol. The Morgan fingerprint density at radius 3 is 2.45 bits per heavy atom. The third-order valence-corrected chi connectivity index (χ3v) is 5.59. The Labute approximate surface area is 174 Å². The Hall–Kier alpha value is -2.67. The van der Waals surface area contributed by atoms with Gasteiger partial charge in [0.15, 0.2) is 0 Å². The average Bonchev–Trinajstić information content (AvgIpc) is 3.06. The van der Waals surface area contributed by atoms with Gasteiger partial charge in [0.1, 0.15) is 5.82 Å². The smallest absolute Gasteiger partial charge is 0.229 e. The minimum Gasteiger partial charge on any atom is -0.323 e. The van der Waals surface area contributed by atoms with Crippen LogP contribution in [0.2, 0.25) is 5.02 Å². The van der Waals surface area contributed by atoms with Crippen LogP contribution in [0.1, 0.15) is 35.3 Å². The van der Waals surface area contributed by atoms with E-state index in [1.807, 2.05) is 40.7 Å². The van der Waals surface area contributed by atoms with Crippen molar-refractivity contribution in [1.29, 1.82) is 0 Å². The van der Waals surface area contributed by atoms with Crippen LogP contribution in [0.25, 0.3) is 0 Å².